The van der Waals surface area contributed by atoms with E-state index in [0.717, 1.165) is 22.5 Å². The molecule has 2 aromatic heterocycles. The molecule has 0 saturated carbocycles. The first-order valence-electron chi connectivity index (χ1n) is 5.62. The average molecular weight is 341 g/mol. The van der Waals surface area contributed by atoms with E-state index < -0.39 is 10.0 Å². The number of nitrogens with two attached hydrogens (primary N) is 1. The van der Waals surface area contributed by atoms with Crippen molar-refractivity contribution in [2.24, 2.45) is 11.1 Å². The fourth-order valence-electron chi connectivity index (χ4n) is 1.58. The molecule has 0 unspecified atom stereocenters. The van der Waals surface area contributed by atoms with Crippen LogP contribution in [0.4, 0.5) is 0 Å². The quantitative estimate of drug-likeness (QED) is 0.879. The first-order valence-corrected chi connectivity index (χ1v) is 8.80. The Balaban J connectivity index is 0.00000180. The summed E-state index contributed by atoms with van der Waals surface area (Å²) in [5, 5.41) is 9.44. The van der Waals surface area contributed by atoms with Gasteiger partial charge in [0.2, 0.25) is 10.0 Å². The van der Waals surface area contributed by atoms with Gasteiger partial charge in [0.15, 0.2) is 0 Å². The lowest BCUT2D eigenvalue weighted by atomic mass is 10.2. The van der Waals surface area contributed by atoms with E-state index in [2.05, 4.69) is 19.2 Å². The maximum Gasteiger partial charge on any atom is 0.247 e. The van der Waals surface area contributed by atoms with Crippen molar-refractivity contribution in [2.75, 3.05) is 6.54 Å². The smallest absolute Gasteiger partial charge is 0.247 e. The van der Waals surface area contributed by atoms with Gasteiger partial charge in [0.05, 0.1) is 4.01 Å². The summed E-state index contributed by atoms with van der Waals surface area (Å²) in [6, 6.07) is 3.68. The molecule has 0 aromatic carbocycles. The second-order valence-corrected chi connectivity index (χ2v) is 8.83. The first kappa shape index (κ1) is 16.9. The lowest BCUT2D eigenvalue weighted by Crippen LogP contribution is -2.18. The molecule has 0 bridgehead atoms. The number of hydrogen-bond donors (Lipinski definition) is 2. The summed E-state index contributed by atoms with van der Waals surface area (Å²) in [6.45, 7) is 6.14. The van der Waals surface area contributed by atoms with Gasteiger partial charge in [-0.25, -0.2) is 13.6 Å². The molecule has 0 aliphatic heterocycles. The van der Waals surface area contributed by atoms with E-state index >= 15 is 0 Å². The highest BCUT2D eigenvalue weighted by Crippen LogP contribution is 2.35. The van der Waals surface area contributed by atoms with Crippen LogP contribution in [0, 0.1) is 5.92 Å². The summed E-state index contributed by atoms with van der Waals surface area (Å²) in [7, 11) is -3.57. The second kappa shape index (κ2) is 6.51. The van der Waals surface area contributed by atoms with E-state index in [9.17, 15) is 8.42 Å². The molecule has 0 amide bonds. The zero-order valence-electron chi connectivity index (χ0n) is 10.7. The van der Waals surface area contributed by atoms with Crippen molar-refractivity contribution >= 4 is 54.5 Å². The maximum absolute atomic E-state index is 11.2. The number of hydrogen-bond acceptors (Lipinski definition) is 5. The van der Waals surface area contributed by atoms with Gasteiger partial charge in [0, 0.05) is 16.8 Å². The number of sulfonamides is 1. The summed E-state index contributed by atoms with van der Waals surface area (Å²) in [6.07, 6.45) is 0. The maximum atomic E-state index is 11.2. The van der Waals surface area contributed by atoms with Crippen LogP contribution >= 0.6 is 35.1 Å². The van der Waals surface area contributed by atoms with Crippen molar-refractivity contribution in [3.8, 4) is 0 Å². The molecule has 0 aliphatic carbocycles. The molecule has 4 nitrogen and oxygen atoms in total. The Kier molecular flexibility index (Phi) is 5.78. The first-order chi connectivity index (χ1) is 8.36. The number of rotatable bonds is 5. The van der Waals surface area contributed by atoms with Crippen LogP contribution in [0.3, 0.4) is 0 Å². The molecule has 0 atom stereocenters. The Bertz CT molecular complexity index is 614. The van der Waals surface area contributed by atoms with E-state index in [-0.39, 0.29) is 16.6 Å². The summed E-state index contributed by atoms with van der Waals surface area (Å²) in [5.74, 6) is 0.625. The number of halogens is 1. The molecule has 0 spiro atoms. The molecule has 8 heteroatoms. The normalized spacial score (nSPS) is 12.0. The standard InChI is InChI=1S/C11H16N2O2S3.ClH/c1-7(2)5-13-6-9-3-8-4-10(18(12,14)15)17-11(8)16-9;/h3-4,7,13H,5-6H2,1-2H3,(H2,12,14,15);1H. The molecular formula is C11H17ClN2O2S3. The molecule has 108 valence electrons. The molecular weight excluding hydrogens is 324 g/mol. The minimum Gasteiger partial charge on any atom is -0.312 e. The molecule has 0 radical (unpaired) electrons. The molecule has 2 aromatic rings. The van der Waals surface area contributed by atoms with Gasteiger partial charge in [-0.2, -0.15) is 0 Å². The van der Waals surface area contributed by atoms with E-state index in [0.29, 0.717) is 5.92 Å². The fraction of sp³-hybridized carbons (Fsp3) is 0.455. The van der Waals surface area contributed by atoms with Gasteiger partial charge < -0.3 is 5.32 Å². The largest absolute Gasteiger partial charge is 0.312 e. The fourth-order valence-corrected chi connectivity index (χ4v) is 4.94. The van der Waals surface area contributed by atoms with Crippen LogP contribution in [0.2, 0.25) is 0 Å². The predicted octanol–water partition coefficient (Wildman–Crippen LogP) is 2.78. The summed E-state index contributed by atoms with van der Waals surface area (Å²) in [4.78, 5) is 1.22. The molecule has 2 rings (SSSR count). The van der Waals surface area contributed by atoms with Crippen molar-refractivity contribution in [3.05, 3.63) is 17.0 Å². The van der Waals surface area contributed by atoms with E-state index in [1.807, 2.05) is 6.07 Å². The van der Waals surface area contributed by atoms with Crippen molar-refractivity contribution in [3.63, 3.8) is 0 Å². The van der Waals surface area contributed by atoms with E-state index in [1.54, 1.807) is 17.4 Å². The van der Waals surface area contributed by atoms with Gasteiger partial charge in [0.1, 0.15) is 4.21 Å². The Morgan fingerprint density at radius 3 is 2.53 bits per heavy atom. The SMILES string of the molecule is CC(C)CNCc1cc2cc(S(N)(=O)=O)sc2s1.Cl. The zero-order valence-corrected chi connectivity index (χ0v) is 13.9. The predicted molar refractivity (Wildman–Crippen MR) is 84.9 cm³/mol. The molecule has 19 heavy (non-hydrogen) atoms. The second-order valence-electron chi connectivity index (χ2n) is 4.59. The van der Waals surface area contributed by atoms with Gasteiger partial charge in [0.25, 0.3) is 0 Å². The Morgan fingerprint density at radius 1 is 1.32 bits per heavy atom. The van der Waals surface area contributed by atoms with E-state index in [4.69, 9.17) is 5.14 Å². The number of primary sulfonamides is 1. The van der Waals surface area contributed by atoms with Crippen LogP contribution in [-0.2, 0) is 16.6 Å². The van der Waals surface area contributed by atoms with Gasteiger partial charge in [-0.1, -0.05) is 13.8 Å². The average Bonchev–Trinajstić information content (AvgIpc) is 2.72. The zero-order chi connectivity index (χ0) is 13.3. The Labute approximate surface area is 127 Å². The van der Waals surface area contributed by atoms with Gasteiger partial charge in [-0.15, -0.1) is 35.1 Å². The molecule has 0 aliphatic rings. The van der Waals surface area contributed by atoms with Gasteiger partial charge >= 0.3 is 0 Å². The molecule has 2 heterocycles. The molecule has 0 saturated heterocycles. The Morgan fingerprint density at radius 2 is 2.00 bits per heavy atom. The van der Waals surface area contributed by atoms with E-state index in [1.165, 1.54) is 16.2 Å². The van der Waals surface area contributed by atoms with Gasteiger partial charge in [-0.3, -0.25) is 0 Å². The topological polar surface area (TPSA) is 72.2 Å². The Hall–Kier alpha value is -0.180. The van der Waals surface area contributed by atoms with Crippen LogP contribution in [0.25, 0.3) is 9.40 Å². The summed E-state index contributed by atoms with van der Waals surface area (Å²) in [5.41, 5.74) is 0. The van der Waals surface area contributed by atoms with Crippen LogP contribution < -0.4 is 10.5 Å². The van der Waals surface area contributed by atoms with Crippen molar-refractivity contribution in [1.29, 1.82) is 0 Å². The van der Waals surface area contributed by atoms with Crippen LogP contribution in [0.1, 0.15) is 18.7 Å². The molecule has 0 fully saturated rings. The third-order valence-corrected chi connectivity index (χ3v) is 6.19. The minimum atomic E-state index is -3.57. The lowest BCUT2D eigenvalue weighted by molar-refractivity contribution is 0.555. The number of thiophene rings is 2. The van der Waals surface area contributed by atoms with Crippen molar-refractivity contribution < 1.29 is 8.42 Å². The van der Waals surface area contributed by atoms with Crippen molar-refractivity contribution in [2.45, 2.75) is 24.6 Å². The third kappa shape index (κ3) is 4.40. The van der Waals surface area contributed by atoms with Gasteiger partial charge in [-0.05, 0) is 24.6 Å². The summed E-state index contributed by atoms with van der Waals surface area (Å²) >= 11 is 2.86. The van der Waals surface area contributed by atoms with Crippen LogP contribution in [-0.4, -0.2) is 15.0 Å². The lowest BCUT2D eigenvalue weighted by Gasteiger charge is -2.04. The number of fused-ring (bicyclic) bond motifs is 1. The number of nitrogens with one attached hydrogen (secondary N) is 1. The van der Waals surface area contributed by atoms with Crippen LogP contribution in [0.15, 0.2) is 16.3 Å². The minimum absolute atomic E-state index is 0. The van der Waals surface area contributed by atoms with Crippen LogP contribution in [0.5, 0.6) is 0 Å². The highest BCUT2D eigenvalue weighted by molar-refractivity contribution is 7.91. The highest BCUT2D eigenvalue weighted by Gasteiger charge is 2.14. The summed E-state index contributed by atoms with van der Waals surface area (Å²) < 4.78 is 23.7. The monoisotopic (exact) mass is 340 g/mol. The third-order valence-electron chi connectivity index (χ3n) is 2.37. The molecule has 3 N–H and O–H groups in total. The van der Waals surface area contributed by atoms with Crippen molar-refractivity contribution in [1.82, 2.24) is 5.32 Å². The highest BCUT2D eigenvalue weighted by atomic mass is 35.5.